The second-order valence-corrected chi connectivity index (χ2v) is 7.70. The lowest BCUT2D eigenvalue weighted by Crippen LogP contribution is -2.17. The summed E-state index contributed by atoms with van der Waals surface area (Å²) < 4.78 is 1.29. The SMILES string of the molecule is CN(C)c1ccc(CNc2nc(-c3ccccc3)nn2C(=O)c2cccc(Cl)c2)cc1. The van der Waals surface area contributed by atoms with Crippen molar-refractivity contribution in [3.63, 3.8) is 0 Å². The molecule has 0 unspecified atom stereocenters. The minimum Gasteiger partial charge on any atom is -0.378 e. The Morgan fingerprint density at radius 2 is 1.74 bits per heavy atom. The van der Waals surface area contributed by atoms with Crippen LogP contribution in [0.1, 0.15) is 15.9 Å². The van der Waals surface area contributed by atoms with E-state index in [1.54, 1.807) is 24.3 Å². The highest BCUT2D eigenvalue weighted by Crippen LogP contribution is 2.21. The van der Waals surface area contributed by atoms with E-state index < -0.39 is 0 Å². The van der Waals surface area contributed by atoms with Gasteiger partial charge >= 0.3 is 0 Å². The first-order chi connectivity index (χ1) is 15.0. The van der Waals surface area contributed by atoms with Crippen LogP contribution in [0.25, 0.3) is 11.4 Å². The summed E-state index contributed by atoms with van der Waals surface area (Å²) >= 11 is 6.08. The molecule has 0 aliphatic heterocycles. The molecule has 0 atom stereocenters. The van der Waals surface area contributed by atoms with Gasteiger partial charge in [0.15, 0.2) is 5.82 Å². The first-order valence-electron chi connectivity index (χ1n) is 9.84. The molecule has 1 aromatic heterocycles. The molecule has 6 nitrogen and oxygen atoms in total. The third-order valence-corrected chi connectivity index (χ3v) is 5.04. The van der Waals surface area contributed by atoms with Crippen LogP contribution in [0.5, 0.6) is 0 Å². The summed E-state index contributed by atoms with van der Waals surface area (Å²) in [5.74, 6) is 0.546. The number of carbonyl (C=O) groups is 1. The molecule has 3 aromatic carbocycles. The fourth-order valence-electron chi connectivity index (χ4n) is 3.11. The van der Waals surface area contributed by atoms with Crippen LogP contribution in [0.4, 0.5) is 11.6 Å². The number of hydrogen-bond donors (Lipinski definition) is 1. The number of nitrogens with one attached hydrogen (secondary N) is 1. The van der Waals surface area contributed by atoms with E-state index in [1.165, 1.54) is 4.68 Å². The zero-order valence-corrected chi connectivity index (χ0v) is 18.0. The van der Waals surface area contributed by atoms with Crippen LogP contribution in [0.3, 0.4) is 0 Å². The van der Waals surface area contributed by atoms with Crippen LogP contribution in [-0.2, 0) is 6.54 Å². The summed E-state index contributed by atoms with van der Waals surface area (Å²) in [6.45, 7) is 0.503. The van der Waals surface area contributed by atoms with E-state index in [4.69, 9.17) is 11.6 Å². The smallest absolute Gasteiger partial charge is 0.281 e. The summed E-state index contributed by atoms with van der Waals surface area (Å²) in [5, 5.41) is 8.23. The molecule has 1 N–H and O–H groups in total. The van der Waals surface area contributed by atoms with Gasteiger partial charge in [-0.2, -0.15) is 9.67 Å². The van der Waals surface area contributed by atoms with Gasteiger partial charge in [0.2, 0.25) is 5.95 Å². The number of nitrogens with zero attached hydrogens (tertiary/aromatic N) is 4. The van der Waals surface area contributed by atoms with Gasteiger partial charge < -0.3 is 10.2 Å². The molecule has 156 valence electrons. The number of carbonyl (C=O) groups excluding carboxylic acids is 1. The van der Waals surface area contributed by atoms with Crippen molar-refractivity contribution in [3.8, 4) is 11.4 Å². The third kappa shape index (κ3) is 4.75. The molecule has 1 heterocycles. The highest BCUT2D eigenvalue weighted by atomic mass is 35.5. The maximum atomic E-state index is 13.2. The molecule has 0 radical (unpaired) electrons. The number of aromatic nitrogens is 3. The molecule has 0 aliphatic carbocycles. The maximum Gasteiger partial charge on any atom is 0.281 e. The Hall–Kier alpha value is -3.64. The number of anilines is 2. The van der Waals surface area contributed by atoms with Crippen LogP contribution < -0.4 is 10.2 Å². The van der Waals surface area contributed by atoms with Crippen molar-refractivity contribution in [3.05, 3.63) is 95.0 Å². The summed E-state index contributed by atoms with van der Waals surface area (Å²) in [6.07, 6.45) is 0. The quantitative estimate of drug-likeness (QED) is 0.467. The van der Waals surface area contributed by atoms with Gasteiger partial charge in [0, 0.05) is 42.5 Å². The van der Waals surface area contributed by atoms with Gasteiger partial charge in [0.1, 0.15) is 0 Å². The lowest BCUT2D eigenvalue weighted by Gasteiger charge is -2.13. The second-order valence-electron chi connectivity index (χ2n) is 7.27. The van der Waals surface area contributed by atoms with E-state index in [-0.39, 0.29) is 5.91 Å². The van der Waals surface area contributed by atoms with E-state index in [0.717, 1.165) is 16.8 Å². The number of hydrogen-bond acceptors (Lipinski definition) is 5. The summed E-state index contributed by atoms with van der Waals surface area (Å²) in [7, 11) is 4.00. The molecule has 31 heavy (non-hydrogen) atoms. The minimum absolute atomic E-state index is 0.303. The van der Waals surface area contributed by atoms with Gasteiger partial charge in [-0.1, -0.05) is 60.1 Å². The first-order valence-corrected chi connectivity index (χ1v) is 10.2. The number of halogens is 1. The van der Waals surface area contributed by atoms with Crippen molar-refractivity contribution in [2.75, 3.05) is 24.3 Å². The molecule has 0 amide bonds. The monoisotopic (exact) mass is 431 g/mol. The fraction of sp³-hybridized carbons (Fsp3) is 0.125. The largest absolute Gasteiger partial charge is 0.378 e. The van der Waals surface area contributed by atoms with Crippen molar-refractivity contribution in [1.29, 1.82) is 0 Å². The van der Waals surface area contributed by atoms with Gasteiger partial charge in [-0.05, 0) is 35.9 Å². The average Bonchev–Trinajstić information content (AvgIpc) is 3.22. The van der Waals surface area contributed by atoms with Gasteiger partial charge in [0.25, 0.3) is 5.91 Å². The molecule has 4 aromatic rings. The van der Waals surface area contributed by atoms with Crippen LogP contribution >= 0.6 is 11.6 Å². The predicted molar refractivity (Wildman–Crippen MR) is 125 cm³/mol. The molecule has 0 saturated heterocycles. The van der Waals surface area contributed by atoms with E-state index >= 15 is 0 Å². The Bertz CT molecular complexity index is 1190. The Balaban J connectivity index is 1.64. The first kappa shape index (κ1) is 20.6. The molecule has 7 heteroatoms. The Morgan fingerprint density at radius 1 is 1.00 bits per heavy atom. The fourth-order valence-corrected chi connectivity index (χ4v) is 3.30. The lowest BCUT2D eigenvalue weighted by atomic mass is 10.2. The molecule has 4 rings (SSSR count). The Kier molecular flexibility index (Phi) is 6.00. The van der Waals surface area contributed by atoms with Gasteiger partial charge in [-0.3, -0.25) is 4.79 Å². The highest BCUT2D eigenvalue weighted by molar-refractivity contribution is 6.31. The maximum absolute atomic E-state index is 13.2. The molecule has 0 fully saturated rings. The predicted octanol–water partition coefficient (Wildman–Crippen LogP) is 4.97. The Morgan fingerprint density at radius 3 is 2.42 bits per heavy atom. The molecule has 0 saturated carbocycles. The minimum atomic E-state index is -0.303. The van der Waals surface area contributed by atoms with Gasteiger partial charge in [-0.25, -0.2) is 0 Å². The molecular formula is C24H22ClN5O. The van der Waals surface area contributed by atoms with Crippen molar-refractivity contribution in [2.24, 2.45) is 0 Å². The average molecular weight is 432 g/mol. The van der Waals surface area contributed by atoms with E-state index in [0.29, 0.717) is 28.9 Å². The normalized spacial score (nSPS) is 10.7. The standard InChI is InChI=1S/C24H22ClN5O/c1-29(2)21-13-11-17(12-14-21)16-26-24-27-22(18-7-4-3-5-8-18)28-30(24)23(31)19-9-6-10-20(25)15-19/h3-15H,16H2,1-2H3,(H,26,27,28). The zero-order chi connectivity index (χ0) is 21.8. The van der Waals surface area contributed by atoms with Crippen LogP contribution in [-0.4, -0.2) is 34.8 Å². The van der Waals surface area contributed by atoms with Gasteiger partial charge in [0.05, 0.1) is 0 Å². The van der Waals surface area contributed by atoms with Crippen molar-refractivity contribution in [2.45, 2.75) is 6.54 Å². The van der Waals surface area contributed by atoms with Gasteiger partial charge in [-0.15, -0.1) is 5.10 Å². The van der Waals surface area contributed by atoms with E-state index in [2.05, 4.69) is 15.4 Å². The van der Waals surface area contributed by atoms with Crippen molar-refractivity contribution < 1.29 is 4.79 Å². The summed E-state index contributed by atoms with van der Waals surface area (Å²) in [5.41, 5.74) is 3.46. The molecular weight excluding hydrogens is 410 g/mol. The van der Waals surface area contributed by atoms with E-state index in [1.807, 2.05) is 73.6 Å². The summed E-state index contributed by atoms with van der Waals surface area (Å²) in [6, 6.07) is 24.6. The molecule has 0 spiro atoms. The topological polar surface area (TPSA) is 63.0 Å². The Labute approximate surface area is 186 Å². The van der Waals surface area contributed by atoms with Crippen LogP contribution in [0.15, 0.2) is 78.9 Å². The summed E-state index contributed by atoms with van der Waals surface area (Å²) in [4.78, 5) is 19.8. The molecule has 0 bridgehead atoms. The lowest BCUT2D eigenvalue weighted by molar-refractivity contribution is 0.0947. The third-order valence-electron chi connectivity index (χ3n) is 4.81. The van der Waals surface area contributed by atoms with Crippen molar-refractivity contribution in [1.82, 2.24) is 14.8 Å². The van der Waals surface area contributed by atoms with Crippen LogP contribution in [0, 0.1) is 0 Å². The van der Waals surface area contributed by atoms with Crippen molar-refractivity contribution >= 4 is 29.1 Å². The molecule has 0 aliphatic rings. The number of rotatable bonds is 6. The van der Waals surface area contributed by atoms with E-state index in [9.17, 15) is 4.79 Å². The highest BCUT2D eigenvalue weighted by Gasteiger charge is 2.19. The zero-order valence-electron chi connectivity index (χ0n) is 17.3. The number of benzene rings is 3. The second kappa shape index (κ2) is 9.02. The van der Waals surface area contributed by atoms with Crippen LogP contribution in [0.2, 0.25) is 5.02 Å².